The third-order valence-corrected chi connectivity index (χ3v) is 6.65. The second-order valence-electron chi connectivity index (χ2n) is 5.71. The second-order valence-corrected chi connectivity index (χ2v) is 8.44. The third kappa shape index (κ3) is 5.41. The monoisotopic (exact) mass is 340 g/mol. The van der Waals surface area contributed by atoms with Crippen molar-refractivity contribution in [1.82, 2.24) is 5.32 Å². The van der Waals surface area contributed by atoms with Crippen LogP contribution in [0.2, 0.25) is 0 Å². The van der Waals surface area contributed by atoms with Gasteiger partial charge in [-0.15, -0.1) is 23.5 Å². The largest absolute Gasteiger partial charge is 0.388 e. The number of benzene rings is 1. The number of nitrogens with one attached hydrogen (secondary N) is 2. The molecule has 1 fully saturated rings. The number of aliphatic hydroxyl groups is 1. The Hall–Kier alpha value is -0.850. The van der Waals surface area contributed by atoms with Gasteiger partial charge in [0.15, 0.2) is 0 Å². The summed E-state index contributed by atoms with van der Waals surface area (Å²) in [6.07, 6.45) is 1.86. The standard InChI is InChI=1S/C16H24N2O2S2/c1-3-16(2,20)11-17-15(19)18-13-7-4-6-12(10-13)14-21-8-5-9-22-14/h4,6-7,10,14,20H,3,5,8-9,11H2,1-2H3,(H2,17,18,19). The van der Waals surface area contributed by atoms with E-state index >= 15 is 0 Å². The first-order valence-electron chi connectivity index (χ1n) is 7.60. The highest BCUT2D eigenvalue weighted by Gasteiger charge is 2.19. The number of hydrogen-bond donors (Lipinski definition) is 3. The molecular weight excluding hydrogens is 316 g/mol. The molecule has 1 aromatic carbocycles. The van der Waals surface area contributed by atoms with Crippen LogP contribution in [-0.4, -0.2) is 34.8 Å². The van der Waals surface area contributed by atoms with Crippen LogP contribution in [0.15, 0.2) is 24.3 Å². The maximum absolute atomic E-state index is 11.9. The normalized spacial score (nSPS) is 18.5. The molecule has 1 aliphatic heterocycles. The predicted molar refractivity (Wildman–Crippen MR) is 96.7 cm³/mol. The Kier molecular flexibility index (Phi) is 6.47. The van der Waals surface area contributed by atoms with Gasteiger partial charge in [0.1, 0.15) is 0 Å². The maximum Gasteiger partial charge on any atom is 0.319 e. The zero-order valence-electron chi connectivity index (χ0n) is 13.1. The molecule has 3 N–H and O–H groups in total. The van der Waals surface area contributed by atoms with Crippen molar-refractivity contribution in [1.29, 1.82) is 0 Å². The molecule has 4 nitrogen and oxygen atoms in total. The number of hydrogen-bond acceptors (Lipinski definition) is 4. The molecular formula is C16H24N2O2S2. The zero-order valence-corrected chi connectivity index (χ0v) is 14.7. The Balaban J connectivity index is 1.91. The Morgan fingerprint density at radius 2 is 2.14 bits per heavy atom. The van der Waals surface area contributed by atoms with Gasteiger partial charge < -0.3 is 15.7 Å². The van der Waals surface area contributed by atoms with Crippen molar-refractivity contribution < 1.29 is 9.90 Å². The average Bonchev–Trinajstić information content (AvgIpc) is 2.54. The van der Waals surface area contributed by atoms with Gasteiger partial charge in [-0.3, -0.25) is 0 Å². The van der Waals surface area contributed by atoms with E-state index in [9.17, 15) is 9.90 Å². The van der Waals surface area contributed by atoms with Crippen LogP contribution in [0.5, 0.6) is 0 Å². The van der Waals surface area contributed by atoms with E-state index in [1.54, 1.807) is 6.92 Å². The Bertz CT molecular complexity index is 503. The van der Waals surface area contributed by atoms with E-state index in [-0.39, 0.29) is 12.6 Å². The summed E-state index contributed by atoms with van der Waals surface area (Å²) in [5.74, 6) is 2.39. The molecule has 0 radical (unpaired) electrons. The van der Waals surface area contributed by atoms with E-state index in [1.165, 1.54) is 23.5 Å². The highest BCUT2D eigenvalue weighted by Crippen LogP contribution is 2.43. The molecule has 6 heteroatoms. The van der Waals surface area contributed by atoms with Gasteiger partial charge in [-0.2, -0.15) is 0 Å². The van der Waals surface area contributed by atoms with Crippen molar-refractivity contribution in [2.45, 2.75) is 36.9 Å². The van der Waals surface area contributed by atoms with E-state index in [4.69, 9.17) is 0 Å². The van der Waals surface area contributed by atoms with Crippen LogP contribution < -0.4 is 10.6 Å². The summed E-state index contributed by atoms with van der Waals surface area (Å²) in [7, 11) is 0. The van der Waals surface area contributed by atoms with Crippen LogP contribution in [0.25, 0.3) is 0 Å². The fourth-order valence-electron chi connectivity index (χ4n) is 2.01. The fourth-order valence-corrected chi connectivity index (χ4v) is 4.89. The van der Waals surface area contributed by atoms with E-state index in [1.807, 2.05) is 48.6 Å². The average molecular weight is 341 g/mol. The molecule has 0 bridgehead atoms. The van der Waals surface area contributed by atoms with Gasteiger partial charge in [0.25, 0.3) is 0 Å². The summed E-state index contributed by atoms with van der Waals surface area (Å²) in [5.41, 5.74) is 1.17. The lowest BCUT2D eigenvalue weighted by Crippen LogP contribution is -2.41. The van der Waals surface area contributed by atoms with Gasteiger partial charge in [-0.25, -0.2) is 4.79 Å². The number of rotatable bonds is 5. The summed E-state index contributed by atoms with van der Waals surface area (Å²) in [6.45, 7) is 3.84. The van der Waals surface area contributed by atoms with Crippen molar-refractivity contribution in [3.63, 3.8) is 0 Å². The molecule has 0 aliphatic carbocycles. The summed E-state index contributed by atoms with van der Waals surface area (Å²) in [5, 5.41) is 15.5. The lowest BCUT2D eigenvalue weighted by atomic mass is 10.0. The van der Waals surface area contributed by atoms with Crippen molar-refractivity contribution in [3.8, 4) is 0 Å². The summed E-state index contributed by atoms with van der Waals surface area (Å²) >= 11 is 3.92. The molecule has 1 atom stereocenters. The number of thioether (sulfide) groups is 2. The van der Waals surface area contributed by atoms with Gasteiger partial charge in [-0.1, -0.05) is 19.1 Å². The van der Waals surface area contributed by atoms with Crippen LogP contribution in [0.3, 0.4) is 0 Å². The van der Waals surface area contributed by atoms with Crippen LogP contribution in [-0.2, 0) is 0 Å². The van der Waals surface area contributed by atoms with Gasteiger partial charge in [-0.05, 0) is 49.0 Å². The SMILES string of the molecule is CCC(C)(O)CNC(=O)Nc1cccc(C2SCCCS2)c1. The van der Waals surface area contributed by atoms with E-state index < -0.39 is 5.60 Å². The van der Waals surface area contributed by atoms with Crippen LogP contribution in [0, 0.1) is 0 Å². The van der Waals surface area contributed by atoms with Crippen molar-refractivity contribution >= 4 is 35.2 Å². The molecule has 1 saturated heterocycles. The summed E-state index contributed by atoms with van der Waals surface area (Å²) < 4.78 is 0.458. The minimum Gasteiger partial charge on any atom is -0.388 e. The van der Waals surface area contributed by atoms with Crippen LogP contribution in [0.1, 0.15) is 36.8 Å². The topological polar surface area (TPSA) is 61.4 Å². The van der Waals surface area contributed by atoms with E-state index in [2.05, 4.69) is 16.7 Å². The molecule has 1 unspecified atom stereocenters. The molecule has 122 valence electrons. The first-order chi connectivity index (χ1) is 10.5. The number of carbonyl (C=O) groups excluding carboxylic acids is 1. The molecule has 1 aliphatic rings. The fraction of sp³-hybridized carbons (Fsp3) is 0.562. The second kappa shape index (κ2) is 8.13. The highest BCUT2D eigenvalue weighted by molar-refractivity contribution is 8.16. The summed E-state index contributed by atoms with van der Waals surface area (Å²) in [4.78, 5) is 11.9. The molecule has 1 aromatic rings. The highest BCUT2D eigenvalue weighted by atomic mass is 32.2. The Labute approximate surface area is 140 Å². The zero-order chi connectivity index (χ0) is 16.0. The van der Waals surface area contributed by atoms with Crippen LogP contribution >= 0.6 is 23.5 Å². The number of amides is 2. The minimum absolute atomic E-state index is 0.239. The number of carbonyl (C=O) groups is 1. The number of urea groups is 1. The first kappa shape index (κ1) is 17.5. The molecule has 0 spiro atoms. The molecule has 1 heterocycles. The van der Waals surface area contributed by atoms with Gasteiger partial charge in [0, 0.05) is 12.2 Å². The molecule has 22 heavy (non-hydrogen) atoms. The molecule has 0 aromatic heterocycles. The van der Waals surface area contributed by atoms with Crippen molar-refractivity contribution in [3.05, 3.63) is 29.8 Å². The summed E-state index contributed by atoms with van der Waals surface area (Å²) in [6, 6.07) is 7.73. The molecule has 0 saturated carbocycles. The van der Waals surface area contributed by atoms with Crippen molar-refractivity contribution in [2.24, 2.45) is 0 Å². The van der Waals surface area contributed by atoms with Crippen LogP contribution in [0.4, 0.5) is 10.5 Å². The van der Waals surface area contributed by atoms with E-state index in [0.29, 0.717) is 11.0 Å². The van der Waals surface area contributed by atoms with Gasteiger partial charge >= 0.3 is 6.03 Å². The van der Waals surface area contributed by atoms with Gasteiger partial charge in [0.05, 0.1) is 10.2 Å². The quantitative estimate of drug-likeness (QED) is 0.762. The maximum atomic E-state index is 11.9. The smallest absolute Gasteiger partial charge is 0.319 e. The Morgan fingerprint density at radius 1 is 1.41 bits per heavy atom. The first-order valence-corrected chi connectivity index (χ1v) is 9.70. The lowest BCUT2D eigenvalue weighted by Gasteiger charge is -2.22. The van der Waals surface area contributed by atoms with Gasteiger partial charge in [0.2, 0.25) is 0 Å². The molecule has 2 amide bonds. The third-order valence-electron chi connectivity index (χ3n) is 3.64. The number of anilines is 1. The Morgan fingerprint density at radius 3 is 2.82 bits per heavy atom. The van der Waals surface area contributed by atoms with Crippen molar-refractivity contribution in [2.75, 3.05) is 23.4 Å². The molecule has 2 rings (SSSR count). The minimum atomic E-state index is -0.867. The predicted octanol–water partition coefficient (Wildman–Crippen LogP) is 3.84. The lowest BCUT2D eigenvalue weighted by molar-refractivity contribution is 0.0587. The van der Waals surface area contributed by atoms with E-state index in [0.717, 1.165) is 5.69 Å².